The molecule has 1 N–H and O–H groups in total. The molecule has 0 radical (unpaired) electrons. The van der Waals surface area contributed by atoms with Crippen LogP contribution in [0.1, 0.15) is 16.8 Å². The van der Waals surface area contributed by atoms with Gasteiger partial charge in [-0.1, -0.05) is 17.7 Å². The molecule has 1 heterocycles. The maximum Gasteiger partial charge on any atom is 0.337 e. The van der Waals surface area contributed by atoms with Crippen molar-refractivity contribution >= 4 is 29.2 Å². The maximum atomic E-state index is 11.8. The number of benzene rings is 1. The third kappa shape index (κ3) is 2.24. The minimum atomic E-state index is -1.10. The fourth-order valence-corrected chi connectivity index (χ4v) is 2.19. The highest BCUT2D eigenvalue weighted by atomic mass is 35.5. The lowest BCUT2D eigenvalue weighted by atomic mass is 10.1. The van der Waals surface area contributed by atoms with E-state index >= 15 is 0 Å². The normalized spacial score (nSPS) is 19.1. The number of aromatic carboxylic acids is 1. The van der Waals surface area contributed by atoms with Gasteiger partial charge < -0.3 is 10.0 Å². The summed E-state index contributed by atoms with van der Waals surface area (Å²) in [5.74, 6) is -1.02. The van der Waals surface area contributed by atoms with Gasteiger partial charge in [-0.2, -0.15) is 0 Å². The SMILES string of the molecule is C=CC1CC(=O)N(c2ccc(Cl)c(C(=O)O)c2)C1. The van der Waals surface area contributed by atoms with Gasteiger partial charge in [0.25, 0.3) is 0 Å². The van der Waals surface area contributed by atoms with Crippen molar-refractivity contribution in [3.63, 3.8) is 0 Å². The van der Waals surface area contributed by atoms with E-state index in [-0.39, 0.29) is 22.4 Å². The predicted molar refractivity (Wildman–Crippen MR) is 69.1 cm³/mol. The lowest BCUT2D eigenvalue weighted by Crippen LogP contribution is -2.24. The van der Waals surface area contributed by atoms with Crippen LogP contribution in [0, 0.1) is 5.92 Å². The molecule has 2 rings (SSSR count). The Labute approximate surface area is 109 Å². The van der Waals surface area contributed by atoms with E-state index in [0.29, 0.717) is 18.7 Å². The van der Waals surface area contributed by atoms with Crippen LogP contribution in [-0.2, 0) is 4.79 Å². The Kier molecular flexibility index (Phi) is 3.39. The van der Waals surface area contributed by atoms with Crippen LogP contribution < -0.4 is 4.90 Å². The van der Waals surface area contributed by atoms with Crippen LogP contribution in [0.4, 0.5) is 5.69 Å². The first-order valence-electron chi connectivity index (χ1n) is 5.48. The first kappa shape index (κ1) is 12.6. The van der Waals surface area contributed by atoms with Crippen LogP contribution in [0.25, 0.3) is 0 Å². The number of hydrogen-bond acceptors (Lipinski definition) is 2. The number of rotatable bonds is 3. The molecule has 94 valence electrons. The highest BCUT2D eigenvalue weighted by molar-refractivity contribution is 6.33. The number of carboxylic acid groups (broad SMARTS) is 1. The van der Waals surface area contributed by atoms with Gasteiger partial charge in [-0.3, -0.25) is 4.79 Å². The molecule has 0 spiro atoms. The summed E-state index contributed by atoms with van der Waals surface area (Å²) in [6.45, 7) is 4.20. The third-order valence-corrected chi connectivity index (χ3v) is 3.31. The minimum absolute atomic E-state index is 0.00372. The zero-order valence-electron chi connectivity index (χ0n) is 9.60. The Morgan fingerprint density at radius 3 is 2.83 bits per heavy atom. The molecule has 1 fully saturated rings. The van der Waals surface area contributed by atoms with E-state index in [2.05, 4.69) is 6.58 Å². The Morgan fingerprint density at radius 2 is 2.28 bits per heavy atom. The molecule has 4 nitrogen and oxygen atoms in total. The van der Waals surface area contributed by atoms with Crippen LogP contribution in [-0.4, -0.2) is 23.5 Å². The number of carbonyl (C=O) groups excluding carboxylic acids is 1. The number of carbonyl (C=O) groups is 2. The van der Waals surface area contributed by atoms with E-state index in [1.54, 1.807) is 17.0 Å². The van der Waals surface area contributed by atoms with E-state index < -0.39 is 5.97 Å². The lowest BCUT2D eigenvalue weighted by molar-refractivity contribution is -0.117. The molecule has 1 amide bonds. The number of carboxylic acids is 1. The molecule has 1 unspecified atom stereocenters. The molecule has 1 aliphatic rings. The summed E-state index contributed by atoms with van der Waals surface area (Å²) in [7, 11) is 0. The largest absolute Gasteiger partial charge is 0.478 e. The van der Waals surface area contributed by atoms with Gasteiger partial charge in [0.05, 0.1) is 10.6 Å². The molecule has 5 heteroatoms. The molecule has 18 heavy (non-hydrogen) atoms. The summed E-state index contributed by atoms with van der Waals surface area (Å²) in [4.78, 5) is 24.4. The molecular formula is C13H12ClNO3. The fourth-order valence-electron chi connectivity index (χ4n) is 1.99. The lowest BCUT2D eigenvalue weighted by Gasteiger charge is -2.17. The molecule has 1 atom stereocenters. The molecule has 0 aromatic heterocycles. The molecule has 1 aromatic rings. The van der Waals surface area contributed by atoms with Crippen molar-refractivity contribution in [2.75, 3.05) is 11.4 Å². The Bertz CT molecular complexity index is 527. The zero-order chi connectivity index (χ0) is 13.3. The Morgan fingerprint density at radius 1 is 1.56 bits per heavy atom. The van der Waals surface area contributed by atoms with E-state index in [9.17, 15) is 9.59 Å². The minimum Gasteiger partial charge on any atom is -0.478 e. The number of amides is 1. The van der Waals surface area contributed by atoms with Gasteiger partial charge in [0, 0.05) is 24.6 Å². The summed E-state index contributed by atoms with van der Waals surface area (Å²) in [5.41, 5.74) is 0.565. The van der Waals surface area contributed by atoms with Gasteiger partial charge >= 0.3 is 5.97 Å². The van der Waals surface area contributed by atoms with E-state index in [1.807, 2.05) is 0 Å². The number of halogens is 1. The molecule has 0 bridgehead atoms. The monoisotopic (exact) mass is 265 g/mol. The number of anilines is 1. The first-order valence-corrected chi connectivity index (χ1v) is 5.86. The van der Waals surface area contributed by atoms with Crippen molar-refractivity contribution in [1.29, 1.82) is 0 Å². The smallest absolute Gasteiger partial charge is 0.337 e. The highest BCUT2D eigenvalue weighted by Gasteiger charge is 2.29. The number of nitrogens with zero attached hydrogens (tertiary/aromatic N) is 1. The quantitative estimate of drug-likeness (QED) is 0.855. The summed E-state index contributed by atoms with van der Waals surface area (Å²) >= 11 is 5.79. The second kappa shape index (κ2) is 4.82. The van der Waals surface area contributed by atoms with E-state index in [1.165, 1.54) is 12.1 Å². The van der Waals surface area contributed by atoms with Crippen LogP contribution >= 0.6 is 11.6 Å². The van der Waals surface area contributed by atoms with Crippen LogP contribution in [0.15, 0.2) is 30.9 Å². The van der Waals surface area contributed by atoms with Gasteiger partial charge in [0.1, 0.15) is 0 Å². The van der Waals surface area contributed by atoms with Crippen molar-refractivity contribution < 1.29 is 14.7 Å². The van der Waals surface area contributed by atoms with E-state index in [4.69, 9.17) is 16.7 Å². The van der Waals surface area contributed by atoms with Crippen molar-refractivity contribution in [1.82, 2.24) is 0 Å². The average molecular weight is 266 g/mol. The first-order chi connectivity index (χ1) is 8.52. The molecule has 0 aliphatic carbocycles. The summed E-state index contributed by atoms with van der Waals surface area (Å²) in [6.07, 6.45) is 2.15. The number of hydrogen-bond donors (Lipinski definition) is 1. The second-order valence-electron chi connectivity index (χ2n) is 4.17. The van der Waals surface area contributed by atoms with Gasteiger partial charge in [-0.15, -0.1) is 6.58 Å². The van der Waals surface area contributed by atoms with Crippen LogP contribution in [0.5, 0.6) is 0 Å². The van der Waals surface area contributed by atoms with Crippen LogP contribution in [0.2, 0.25) is 5.02 Å². The van der Waals surface area contributed by atoms with Gasteiger partial charge in [0.2, 0.25) is 5.91 Å². The summed E-state index contributed by atoms with van der Waals surface area (Å²) in [6, 6.07) is 4.57. The highest BCUT2D eigenvalue weighted by Crippen LogP contribution is 2.28. The Hall–Kier alpha value is -1.81. The molecular weight excluding hydrogens is 254 g/mol. The molecule has 0 saturated carbocycles. The topological polar surface area (TPSA) is 57.6 Å². The van der Waals surface area contributed by atoms with Gasteiger partial charge in [0.15, 0.2) is 0 Å². The zero-order valence-corrected chi connectivity index (χ0v) is 10.4. The van der Waals surface area contributed by atoms with Crippen molar-refractivity contribution in [2.24, 2.45) is 5.92 Å². The predicted octanol–water partition coefficient (Wildman–Crippen LogP) is 2.58. The van der Waals surface area contributed by atoms with Gasteiger partial charge in [-0.25, -0.2) is 4.79 Å². The average Bonchev–Trinajstić information content (AvgIpc) is 2.71. The standard InChI is InChI=1S/C13H12ClNO3/c1-2-8-5-12(16)15(7-8)9-3-4-11(14)10(6-9)13(17)18/h2-4,6,8H,1,5,7H2,(H,17,18). The Balaban J connectivity index is 2.35. The molecule has 1 aromatic carbocycles. The van der Waals surface area contributed by atoms with Crippen molar-refractivity contribution in [3.8, 4) is 0 Å². The fraction of sp³-hybridized carbons (Fsp3) is 0.231. The second-order valence-corrected chi connectivity index (χ2v) is 4.58. The summed E-state index contributed by atoms with van der Waals surface area (Å²) < 4.78 is 0. The van der Waals surface area contributed by atoms with Crippen molar-refractivity contribution in [2.45, 2.75) is 6.42 Å². The molecule has 1 saturated heterocycles. The third-order valence-electron chi connectivity index (χ3n) is 2.98. The molecule has 1 aliphatic heterocycles. The van der Waals surface area contributed by atoms with Gasteiger partial charge in [-0.05, 0) is 18.2 Å². The summed E-state index contributed by atoms with van der Waals surface area (Å²) in [5, 5.41) is 9.16. The maximum absolute atomic E-state index is 11.8. The van der Waals surface area contributed by atoms with E-state index in [0.717, 1.165) is 0 Å². The van der Waals surface area contributed by atoms with Crippen LogP contribution in [0.3, 0.4) is 0 Å². The van der Waals surface area contributed by atoms with Crippen molar-refractivity contribution in [3.05, 3.63) is 41.4 Å².